The van der Waals surface area contributed by atoms with Crippen molar-refractivity contribution in [2.75, 3.05) is 13.2 Å². The van der Waals surface area contributed by atoms with Gasteiger partial charge in [-0.3, -0.25) is 10.1 Å². The van der Waals surface area contributed by atoms with Crippen LogP contribution in [0.5, 0.6) is 0 Å². The molecule has 5 heteroatoms. The minimum Gasteiger partial charge on any atom is -0.396 e. The van der Waals surface area contributed by atoms with Crippen molar-refractivity contribution in [2.24, 2.45) is 0 Å². The van der Waals surface area contributed by atoms with E-state index in [-0.39, 0.29) is 23.3 Å². The highest BCUT2D eigenvalue weighted by atomic mass is 16.6. The number of nitro groups is 1. The highest BCUT2D eigenvalue weighted by molar-refractivity contribution is 5.35. The zero-order chi connectivity index (χ0) is 16.2. The number of nitro benzene ring substituents is 1. The van der Waals surface area contributed by atoms with Gasteiger partial charge in [-0.1, -0.05) is 51.2 Å². The zero-order valence-corrected chi connectivity index (χ0v) is 13.5. The Morgan fingerprint density at radius 1 is 1.23 bits per heavy atom. The van der Waals surface area contributed by atoms with Crippen LogP contribution < -0.4 is 5.32 Å². The summed E-state index contributed by atoms with van der Waals surface area (Å²) < 4.78 is 0. The molecular formula is C17H28N2O3. The molecular weight excluding hydrogens is 280 g/mol. The van der Waals surface area contributed by atoms with Crippen LogP contribution in [0.3, 0.4) is 0 Å². The first kappa shape index (κ1) is 18.6. The van der Waals surface area contributed by atoms with Gasteiger partial charge in [-0.15, -0.1) is 0 Å². The first-order valence-electron chi connectivity index (χ1n) is 8.27. The minimum absolute atomic E-state index is 0.0273. The van der Waals surface area contributed by atoms with E-state index in [1.165, 1.54) is 38.2 Å². The van der Waals surface area contributed by atoms with E-state index in [0.717, 1.165) is 18.5 Å². The predicted octanol–water partition coefficient (Wildman–Crippen LogP) is 3.97. The van der Waals surface area contributed by atoms with Crippen molar-refractivity contribution in [2.45, 2.75) is 57.9 Å². The molecule has 1 unspecified atom stereocenters. The van der Waals surface area contributed by atoms with E-state index in [1.54, 1.807) is 12.1 Å². The number of hydrogen-bond acceptors (Lipinski definition) is 4. The van der Waals surface area contributed by atoms with Crippen molar-refractivity contribution in [3.05, 3.63) is 39.9 Å². The standard InChI is InChI=1S/C17H28N2O3/c1-2-3-4-5-6-7-12-18-17(11-13-20)15-9-8-10-16(14-15)19(21)22/h8-10,14,17-18,20H,2-7,11-13H2,1H3. The molecule has 124 valence electrons. The molecule has 0 saturated carbocycles. The molecule has 0 aliphatic carbocycles. The normalized spacial score (nSPS) is 12.3. The summed E-state index contributed by atoms with van der Waals surface area (Å²) in [7, 11) is 0. The Morgan fingerprint density at radius 3 is 2.64 bits per heavy atom. The number of aliphatic hydroxyl groups excluding tert-OH is 1. The summed E-state index contributed by atoms with van der Waals surface area (Å²) in [4.78, 5) is 10.5. The summed E-state index contributed by atoms with van der Waals surface area (Å²) in [5, 5.41) is 23.5. The van der Waals surface area contributed by atoms with Crippen LogP contribution in [0.2, 0.25) is 0 Å². The smallest absolute Gasteiger partial charge is 0.269 e. The molecule has 1 aromatic rings. The van der Waals surface area contributed by atoms with Crippen LogP contribution in [0.1, 0.15) is 63.5 Å². The van der Waals surface area contributed by atoms with Crippen LogP contribution in [0.15, 0.2) is 24.3 Å². The molecule has 0 spiro atoms. The highest BCUT2D eigenvalue weighted by Gasteiger charge is 2.13. The maximum Gasteiger partial charge on any atom is 0.269 e. The molecule has 1 rings (SSSR count). The van der Waals surface area contributed by atoms with Crippen LogP contribution in [0.25, 0.3) is 0 Å². The highest BCUT2D eigenvalue weighted by Crippen LogP contribution is 2.21. The molecule has 2 N–H and O–H groups in total. The Balaban J connectivity index is 2.44. The molecule has 0 aromatic heterocycles. The van der Waals surface area contributed by atoms with Crippen molar-refractivity contribution in [1.82, 2.24) is 5.32 Å². The number of aliphatic hydroxyl groups is 1. The van der Waals surface area contributed by atoms with Crippen LogP contribution in [0.4, 0.5) is 5.69 Å². The zero-order valence-electron chi connectivity index (χ0n) is 13.5. The van der Waals surface area contributed by atoms with E-state index >= 15 is 0 Å². The Kier molecular flexibility index (Phi) is 9.42. The Labute approximate surface area is 132 Å². The Bertz CT molecular complexity index is 438. The monoisotopic (exact) mass is 308 g/mol. The van der Waals surface area contributed by atoms with E-state index in [0.29, 0.717) is 6.42 Å². The second kappa shape index (κ2) is 11.2. The SMILES string of the molecule is CCCCCCCCNC(CCO)c1cccc([N+](=O)[O-])c1. The average molecular weight is 308 g/mol. The first-order chi connectivity index (χ1) is 10.7. The fourth-order valence-corrected chi connectivity index (χ4v) is 2.55. The van der Waals surface area contributed by atoms with Gasteiger partial charge in [0.25, 0.3) is 5.69 Å². The third-order valence-corrected chi connectivity index (χ3v) is 3.82. The van der Waals surface area contributed by atoms with Gasteiger partial charge in [0.2, 0.25) is 0 Å². The van der Waals surface area contributed by atoms with E-state index in [4.69, 9.17) is 0 Å². The van der Waals surface area contributed by atoms with Gasteiger partial charge in [0.1, 0.15) is 0 Å². The van der Waals surface area contributed by atoms with Gasteiger partial charge in [-0.25, -0.2) is 0 Å². The molecule has 1 aromatic carbocycles. The molecule has 0 amide bonds. The van der Waals surface area contributed by atoms with Gasteiger partial charge >= 0.3 is 0 Å². The largest absolute Gasteiger partial charge is 0.396 e. The summed E-state index contributed by atoms with van der Waals surface area (Å²) in [6, 6.07) is 6.63. The van der Waals surface area contributed by atoms with E-state index < -0.39 is 0 Å². The molecule has 0 saturated heterocycles. The topological polar surface area (TPSA) is 75.4 Å². The number of nitrogens with zero attached hydrogens (tertiary/aromatic N) is 1. The number of non-ortho nitro benzene ring substituents is 1. The fourth-order valence-electron chi connectivity index (χ4n) is 2.55. The second-order valence-corrected chi connectivity index (χ2v) is 5.64. The lowest BCUT2D eigenvalue weighted by Crippen LogP contribution is -2.23. The second-order valence-electron chi connectivity index (χ2n) is 5.64. The van der Waals surface area contributed by atoms with Crippen LogP contribution in [-0.2, 0) is 0 Å². The number of hydrogen-bond donors (Lipinski definition) is 2. The summed E-state index contributed by atoms with van der Waals surface area (Å²) >= 11 is 0. The quantitative estimate of drug-likeness (QED) is 0.348. The molecule has 22 heavy (non-hydrogen) atoms. The van der Waals surface area contributed by atoms with Gasteiger partial charge in [-0.05, 0) is 24.9 Å². The lowest BCUT2D eigenvalue weighted by Gasteiger charge is -2.18. The molecule has 0 heterocycles. The van der Waals surface area contributed by atoms with Crippen molar-refractivity contribution in [3.63, 3.8) is 0 Å². The van der Waals surface area contributed by atoms with Gasteiger partial charge in [0, 0.05) is 24.8 Å². The third kappa shape index (κ3) is 7.00. The molecule has 0 radical (unpaired) electrons. The number of benzene rings is 1. The number of unbranched alkanes of at least 4 members (excludes halogenated alkanes) is 5. The molecule has 5 nitrogen and oxygen atoms in total. The fraction of sp³-hybridized carbons (Fsp3) is 0.647. The molecule has 0 fully saturated rings. The first-order valence-corrected chi connectivity index (χ1v) is 8.27. The van der Waals surface area contributed by atoms with Crippen molar-refractivity contribution in [3.8, 4) is 0 Å². The molecule has 0 bridgehead atoms. The van der Waals surface area contributed by atoms with Crippen LogP contribution in [0, 0.1) is 10.1 Å². The maximum atomic E-state index is 10.9. The van der Waals surface area contributed by atoms with E-state index in [9.17, 15) is 15.2 Å². The lowest BCUT2D eigenvalue weighted by atomic mass is 10.0. The van der Waals surface area contributed by atoms with E-state index in [2.05, 4.69) is 12.2 Å². The van der Waals surface area contributed by atoms with Gasteiger partial charge < -0.3 is 10.4 Å². The van der Waals surface area contributed by atoms with Gasteiger partial charge in [0.05, 0.1) is 4.92 Å². The van der Waals surface area contributed by atoms with Crippen molar-refractivity contribution in [1.29, 1.82) is 0 Å². The summed E-state index contributed by atoms with van der Waals surface area (Å²) in [5.41, 5.74) is 0.969. The summed E-state index contributed by atoms with van der Waals surface area (Å²) in [6.07, 6.45) is 7.97. The van der Waals surface area contributed by atoms with Gasteiger partial charge in [-0.2, -0.15) is 0 Å². The third-order valence-electron chi connectivity index (χ3n) is 3.82. The van der Waals surface area contributed by atoms with Crippen molar-refractivity contribution < 1.29 is 10.0 Å². The minimum atomic E-state index is -0.382. The summed E-state index contributed by atoms with van der Waals surface area (Å²) in [5.74, 6) is 0. The van der Waals surface area contributed by atoms with Crippen LogP contribution in [-0.4, -0.2) is 23.2 Å². The molecule has 1 atom stereocenters. The molecule has 0 aliphatic rings. The Morgan fingerprint density at radius 2 is 1.95 bits per heavy atom. The molecule has 0 aliphatic heterocycles. The van der Waals surface area contributed by atoms with Crippen LogP contribution >= 0.6 is 0 Å². The van der Waals surface area contributed by atoms with Gasteiger partial charge in [0.15, 0.2) is 0 Å². The van der Waals surface area contributed by atoms with E-state index in [1.807, 2.05) is 6.07 Å². The number of rotatable bonds is 12. The predicted molar refractivity (Wildman–Crippen MR) is 88.9 cm³/mol. The maximum absolute atomic E-state index is 10.9. The van der Waals surface area contributed by atoms with Crippen molar-refractivity contribution >= 4 is 5.69 Å². The summed E-state index contributed by atoms with van der Waals surface area (Å²) in [6.45, 7) is 3.15. The Hall–Kier alpha value is -1.46. The average Bonchev–Trinajstić information content (AvgIpc) is 2.53. The number of nitrogens with one attached hydrogen (secondary N) is 1. The lowest BCUT2D eigenvalue weighted by molar-refractivity contribution is -0.384.